The molecule has 17 heavy (non-hydrogen) atoms. The molecule has 0 bridgehead atoms. The van der Waals surface area contributed by atoms with Crippen LogP contribution in [0.4, 0.5) is 0 Å². The topological polar surface area (TPSA) is 104 Å². The third-order valence-corrected chi connectivity index (χ3v) is 3.22. The number of aliphatic carboxylic acids is 2. The maximum Gasteiger partial charge on any atom is 0.336 e. The molecule has 0 rings (SSSR count). The van der Waals surface area contributed by atoms with Crippen LogP contribution in [0.1, 0.15) is 26.7 Å². The van der Waals surface area contributed by atoms with Gasteiger partial charge in [0.05, 0.1) is 0 Å². The zero-order valence-electron chi connectivity index (χ0n) is 9.80. The minimum absolute atomic E-state index is 0.606. The molecule has 0 radical (unpaired) electrons. The van der Waals surface area contributed by atoms with E-state index in [1.807, 2.05) is 6.92 Å². The Hall–Kier alpha value is -1.24. The van der Waals surface area contributed by atoms with E-state index in [1.54, 1.807) is 0 Å². The summed E-state index contributed by atoms with van der Waals surface area (Å²) < 4.78 is 0. The second-order valence-electron chi connectivity index (χ2n) is 3.51. The molecule has 98 valence electrons. The van der Waals surface area contributed by atoms with Gasteiger partial charge in [-0.15, -0.1) is 11.8 Å². The largest absolute Gasteiger partial charge is 0.481 e. The third kappa shape index (κ3) is 6.15. The first-order valence-electron chi connectivity index (χ1n) is 5.27. The van der Waals surface area contributed by atoms with Gasteiger partial charge in [0.25, 0.3) is 0 Å². The molecule has 0 aliphatic carbocycles. The molecule has 0 aliphatic heterocycles. The predicted octanol–water partition coefficient (Wildman–Crippen LogP) is 0.767. The van der Waals surface area contributed by atoms with Gasteiger partial charge < -0.3 is 15.5 Å². The molecule has 1 amide bonds. The summed E-state index contributed by atoms with van der Waals surface area (Å²) in [4.78, 5) is 32.7. The molecule has 0 saturated carbocycles. The minimum Gasteiger partial charge on any atom is -0.481 e. The number of amides is 1. The Bertz CT molecular complexity index is 294. The van der Waals surface area contributed by atoms with E-state index in [2.05, 4.69) is 5.32 Å². The number of hydrogen-bond donors (Lipinski definition) is 3. The summed E-state index contributed by atoms with van der Waals surface area (Å²) >= 11 is 1.09. The highest BCUT2D eigenvalue weighted by Gasteiger charge is 2.26. The zero-order valence-corrected chi connectivity index (χ0v) is 10.6. The van der Waals surface area contributed by atoms with E-state index in [1.165, 1.54) is 6.92 Å². The lowest BCUT2D eigenvalue weighted by Crippen LogP contribution is -2.43. The van der Waals surface area contributed by atoms with E-state index in [-0.39, 0.29) is 0 Å². The van der Waals surface area contributed by atoms with E-state index < -0.39 is 29.1 Å². The summed E-state index contributed by atoms with van der Waals surface area (Å²) in [7, 11) is 0. The smallest absolute Gasteiger partial charge is 0.336 e. The molecule has 7 heteroatoms. The molecule has 0 heterocycles. The summed E-state index contributed by atoms with van der Waals surface area (Å²) in [5.41, 5.74) is 0. The van der Waals surface area contributed by atoms with Crippen LogP contribution in [-0.4, -0.2) is 39.2 Å². The molecular formula is C10H17NO5S. The molecule has 0 aromatic rings. The van der Waals surface area contributed by atoms with Crippen LogP contribution in [-0.2, 0) is 14.4 Å². The van der Waals surface area contributed by atoms with Crippen LogP contribution in [0.25, 0.3) is 0 Å². The van der Waals surface area contributed by atoms with E-state index in [0.29, 0.717) is 5.75 Å². The SMILES string of the molecule is CCCCSC(NC(=O)C(C)C(=O)O)C(=O)O. The standard InChI is InChI=1S/C10H17NO5S/c1-3-4-5-17-8(10(15)16)11-7(12)6(2)9(13)14/h6,8H,3-5H2,1-2H3,(H,11,12)(H,13,14)(H,15,16). The fourth-order valence-corrected chi connectivity index (χ4v) is 1.92. The lowest BCUT2D eigenvalue weighted by molar-refractivity contribution is -0.148. The van der Waals surface area contributed by atoms with Crippen LogP contribution in [0.15, 0.2) is 0 Å². The van der Waals surface area contributed by atoms with E-state index >= 15 is 0 Å². The maximum atomic E-state index is 11.4. The molecule has 0 spiro atoms. The fraction of sp³-hybridized carbons (Fsp3) is 0.700. The molecule has 0 aromatic carbocycles. The molecule has 0 fully saturated rings. The number of unbranched alkanes of at least 4 members (excludes halogenated alkanes) is 1. The van der Waals surface area contributed by atoms with Crippen molar-refractivity contribution < 1.29 is 24.6 Å². The van der Waals surface area contributed by atoms with Crippen molar-refractivity contribution in [2.24, 2.45) is 5.92 Å². The van der Waals surface area contributed by atoms with Gasteiger partial charge in [-0.3, -0.25) is 9.59 Å². The summed E-state index contributed by atoms with van der Waals surface area (Å²) in [6, 6.07) is 0. The molecule has 0 aliphatic rings. The Kier molecular flexibility index (Phi) is 7.36. The van der Waals surface area contributed by atoms with Crippen LogP contribution in [0, 0.1) is 5.92 Å². The highest BCUT2D eigenvalue weighted by atomic mass is 32.2. The van der Waals surface area contributed by atoms with Gasteiger partial charge >= 0.3 is 11.9 Å². The molecule has 0 saturated heterocycles. The fourth-order valence-electron chi connectivity index (χ4n) is 0.887. The first-order valence-corrected chi connectivity index (χ1v) is 6.32. The lowest BCUT2D eigenvalue weighted by Gasteiger charge is -2.15. The second-order valence-corrected chi connectivity index (χ2v) is 4.72. The van der Waals surface area contributed by atoms with Crippen molar-refractivity contribution >= 4 is 29.6 Å². The van der Waals surface area contributed by atoms with Crippen molar-refractivity contribution in [3.63, 3.8) is 0 Å². The zero-order chi connectivity index (χ0) is 13.4. The predicted molar refractivity (Wildman–Crippen MR) is 63.7 cm³/mol. The van der Waals surface area contributed by atoms with Gasteiger partial charge in [0, 0.05) is 0 Å². The van der Waals surface area contributed by atoms with Gasteiger partial charge in [0.15, 0.2) is 5.37 Å². The molecule has 6 nitrogen and oxygen atoms in total. The highest BCUT2D eigenvalue weighted by molar-refractivity contribution is 8.00. The number of thioether (sulfide) groups is 1. The van der Waals surface area contributed by atoms with Gasteiger partial charge in [-0.1, -0.05) is 13.3 Å². The van der Waals surface area contributed by atoms with Crippen LogP contribution in [0.2, 0.25) is 0 Å². The van der Waals surface area contributed by atoms with Crippen molar-refractivity contribution in [1.82, 2.24) is 5.32 Å². The van der Waals surface area contributed by atoms with Crippen molar-refractivity contribution in [3.05, 3.63) is 0 Å². The van der Waals surface area contributed by atoms with Gasteiger partial charge in [0.2, 0.25) is 5.91 Å². The minimum atomic E-state index is -1.27. The van der Waals surface area contributed by atoms with Crippen molar-refractivity contribution in [1.29, 1.82) is 0 Å². The quantitative estimate of drug-likeness (QED) is 0.339. The monoisotopic (exact) mass is 263 g/mol. The van der Waals surface area contributed by atoms with Crippen LogP contribution in [0.3, 0.4) is 0 Å². The molecule has 3 N–H and O–H groups in total. The van der Waals surface area contributed by atoms with Crippen LogP contribution < -0.4 is 5.32 Å². The summed E-state index contributed by atoms with van der Waals surface area (Å²) in [6.07, 6.45) is 1.78. The molecule has 0 aromatic heterocycles. The summed E-state index contributed by atoms with van der Waals surface area (Å²) in [5.74, 6) is -3.87. The second kappa shape index (κ2) is 7.94. The average molecular weight is 263 g/mol. The summed E-state index contributed by atoms with van der Waals surface area (Å²) in [5, 5.41) is 18.6. The van der Waals surface area contributed by atoms with Gasteiger partial charge in [-0.2, -0.15) is 0 Å². The van der Waals surface area contributed by atoms with Crippen molar-refractivity contribution in [2.45, 2.75) is 32.1 Å². The Morgan fingerprint density at radius 2 is 1.82 bits per heavy atom. The average Bonchev–Trinajstić information content (AvgIpc) is 2.26. The number of nitrogens with one attached hydrogen (secondary N) is 1. The van der Waals surface area contributed by atoms with Gasteiger partial charge in [0.1, 0.15) is 5.92 Å². The number of carboxylic acid groups (broad SMARTS) is 2. The Morgan fingerprint density at radius 3 is 2.24 bits per heavy atom. The number of carbonyl (C=O) groups is 3. The van der Waals surface area contributed by atoms with Crippen molar-refractivity contribution in [2.75, 3.05) is 5.75 Å². The first-order chi connectivity index (χ1) is 7.90. The van der Waals surface area contributed by atoms with Crippen molar-refractivity contribution in [3.8, 4) is 0 Å². The Balaban J connectivity index is 4.29. The van der Waals surface area contributed by atoms with Gasteiger partial charge in [-0.05, 0) is 19.1 Å². The number of rotatable bonds is 8. The molecular weight excluding hydrogens is 246 g/mol. The first kappa shape index (κ1) is 15.8. The number of hydrogen-bond acceptors (Lipinski definition) is 4. The molecule has 2 unspecified atom stereocenters. The van der Waals surface area contributed by atoms with Crippen LogP contribution in [0.5, 0.6) is 0 Å². The molecule has 2 atom stereocenters. The van der Waals surface area contributed by atoms with E-state index in [0.717, 1.165) is 24.6 Å². The summed E-state index contributed by atoms with van der Waals surface area (Å²) in [6.45, 7) is 3.19. The van der Waals surface area contributed by atoms with E-state index in [9.17, 15) is 14.4 Å². The maximum absolute atomic E-state index is 11.4. The number of carbonyl (C=O) groups excluding carboxylic acids is 1. The number of carboxylic acids is 2. The lowest BCUT2D eigenvalue weighted by atomic mass is 10.2. The Labute approximate surface area is 104 Å². The third-order valence-electron chi connectivity index (χ3n) is 2.04. The highest BCUT2D eigenvalue weighted by Crippen LogP contribution is 2.12. The Morgan fingerprint density at radius 1 is 1.24 bits per heavy atom. The van der Waals surface area contributed by atoms with Crippen LogP contribution >= 0.6 is 11.8 Å². The van der Waals surface area contributed by atoms with E-state index in [4.69, 9.17) is 10.2 Å². The normalized spacial score (nSPS) is 13.8. The van der Waals surface area contributed by atoms with Gasteiger partial charge in [-0.25, -0.2) is 4.79 Å².